The number of hydrogen-bond acceptors (Lipinski definition) is 7. The first-order valence-corrected chi connectivity index (χ1v) is 13.1. The van der Waals surface area contributed by atoms with Crippen LogP contribution in [0.2, 0.25) is 0 Å². The zero-order chi connectivity index (χ0) is 28.1. The molecule has 1 aliphatic heterocycles. The number of rotatable bonds is 8. The highest BCUT2D eigenvalue weighted by Crippen LogP contribution is 2.31. The van der Waals surface area contributed by atoms with Crippen LogP contribution in [-0.4, -0.2) is 70.9 Å². The summed E-state index contributed by atoms with van der Waals surface area (Å²) < 4.78 is 11.6. The number of hydrogen-bond donors (Lipinski definition) is 3. The highest BCUT2D eigenvalue weighted by Gasteiger charge is 2.33. The third-order valence-corrected chi connectivity index (χ3v) is 6.98. The number of aliphatic hydroxyl groups is 1. The number of ether oxygens (including phenoxy) is 1. The smallest absolute Gasteiger partial charge is 0.323 e. The van der Waals surface area contributed by atoms with Gasteiger partial charge in [-0.1, -0.05) is 42.4 Å². The first kappa shape index (κ1) is 28.1. The number of urea groups is 1. The molecule has 2 aromatic carbocycles. The molecule has 0 saturated heterocycles. The highest BCUT2D eigenvalue weighted by atomic mass is 16.5. The van der Waals surface area contributed by atoms with E-state index in [1.54, 1.807) is 36.9 Å². The summed E-state index contributed by atoms with van der Waals surface area (Å²) in [4.78, 5) is 30.2. The van der Waals surface area contributed by atoms with Crippen LogP contribution >= 0.6 is 0 Å². The molecule has 3 atom stereocenters. The van der Waals surface area contributed by atoms with Crippen LogP contribution in [0.15, 0.2) is 53.1 Å². The molecule has 0 unspecified atom stereocenters. The zero-order valence-corrected chi connectivity index (χ0v) is 23.1. The second-order valence-corrected chi connectivity index (χ2v) is 10.3. The summed E-state index contributed by atoms with van der Waals surface area (Å²) >= 11 is 0. The van der Waals surface area contributed by atoms with Crippen molar-refractivity contribution in [3.05, 3.63) is 71.1 Å². The maximum atomic E-state index is 13.7. The van der Waals surface area contributed by atoms with E-state index in [1.807, 2.05) is 32.2 Å². The van der Waals surface area contributed by atoms with Gasteiger partial charge in [0.05, 0.1) is 18.2 Å². The molecule has 208 valence electrons. The summed E-state index contributed by atoms with van der Waals surface area (Å²) in [5, 5.41) is 19.3. The Kier molecular flexibility index (Phi) is 8.88. The molecule has 0 fully saturated rings. The number of anilines is 2. The Labute approximate surface area is 228 Å². The number of fused-ring (bicyclic) bond motifs is 1. The van der Waals surface area contributed by atoms with Crippen molar-refractivity contribution in [2.75, 3.05) is 37.4 Å². The molecular weight excluding hydrogens is 498 g/mol. The normalized spacial score (nSPS) is 18.1. The molecule has 3 N–H and O–H groups in total. The fourth-order valence-electron chi connectivity index (χ4n) is 4.72. The maximum absolute atomic E-state index is 13.7. The Morgan fingerprint density at radius 1 is 1.21 bits per heavy atom. The minimum Gasteiger partial charge on any atom is -0.488 e. The Morgan fingerprint density at radius 2 is 1.95 bits per heavy atom. The monoisotopic (exact) mass is 535 g/mol. The second-order valence-electron chi connectivity index (χ2n) is 10.3. The van der Waals surface area contributed by atoms with Gasteiger partial charge in [0.15, 0.2) is 5.76 Å². The van der Waals surface area contributed by atoms with Crippen molar-refractivity contribution in [3.8, 4) is 5.75 Å². The summed E-state index contributed by atoms with van der Waals surface area (Å²) in [6, 6.07) is 14.4. The van der Waals surface area contributed by atoms with Gasteiger partial charge in [0.2, 0.25) is 0 Å². The van der Waals surface area contributed by atoms with Gasteiger partial charge >= 0.3 is 6.03 Å². The number of carbonyl (C=O) groups excluding carboxylic acids is 2. The Balaban J connectivity index is 1.57. The molecule has 0 bridgehead atoms. The van der Waals surface area contributed by atoms with Crippen molar-refractivity contribution in [1.29, 1.82) is 0 Å². The summed E-state index contributed by atoms with van der Waals surface area (Å²) in [5.74, 6) is 0.684. The molecule has 0 aliphatic carbocycles. The van der Waals surface area contributed by atoms with Gasteiger partial charge in [-0.05, 0) is 51.6 Å². The molecule has 2 heterocycles. The van der Waals surface area contributed by atoms with Crippen molar-refractivity contribution in [2.45, 2.75) is 46.4 Å². The molecular formula is C29H37N5O5. The summed E-state index contributed by atoms with van der Waals surface area (Å²) in [6.07, 6.45) is -0.208. The van der Waals surface area contributed by atoms with Gasteiger partial charge < -0.3 is 29.9 Å². The molecule has 39 heavy (non-hydrogen) atoms. The highest BCUT2D eigenvalue weighted by molar-refractivity contribution is 6.03. The van der Waals surface area contributed by atoms with Crippen molar-refractivity contribution < 1.29 is 24.0 Å². The predicted octanol–water partition coefficient (Wildman–Crippen LogP) is 4.29. The van der Waals surface area contributed by atoms with Crippen LogP contribution in [0.1, 0.15) is 41.2 Å². The third-order valence-electron chi connectivity index (χ3n) is 6.98. The van der Waals surface area contributed by atoms with Gasteiger partial charge in [0.25, 0.3) is 5.91 Å². The van der Waals surface area contributed by atoms with Crippen LogP contribution in [0.3, 0.4) is 0 Å². The largest absolute Gasteiger partial charge is 0.488 e. The van der Waals surface area contributed by atoms with Gasteiger partial charge in [0.1, 0.15) is 23.2 Å². The minimum absolute atomic E-state index is 0.00736. The number of nitrogens with one attached hydrogen (secondary N) is 2. The average molecular weight is 536 g/mol. The van der Waals surface area contributed by atoms with Crippen LogP contribution in [0, 0.1) is 19.8 Å². The lowest BCUT2D eigenvalue weighted by Gasteiger charge is -2.38. The van der Waals surface area contributed by atoms with E-state index in [-0.39, 0.29) is 30.6 Å². The van der Waals surface area contributed by atoms with E-state index in [4.69, 9.17) is 9.26 Å². The Morgan fingerprint density at radius 3 is 2.62 bits per heavy atom. The molecule has 0 saturated carbocycles. The molecule has 0 radical (unpaired) electrons. The lowest BCUT2D eigenvalue weighted by Crippen LogP contribution is -2.49. The Bertz CT molecular complexity index is 1270. The lowest BCUT2D eigenvalue weighted by atomic mass is 9.99. The standard InChI is InChI=1S/C29H37N5O5/c1-18-14-34(19(2)17-35)28(36)24-13-23(30-29(37)31-27-20(3)32-39-21(27)4)11-12-25(24)38-26(18)16-33(5)15-22-9-7-6-8-10-22/h6-13,18-19,26,35H,14-17H2,1-5H3,(H2,30,31,37)/t18-,19+,26-/m1/s1. The van der Waals surface area contributed by atoms with Gasteiger partial charge in [-0.3, -0.25) is 9.69 Å². The number of amides is 3. The minimum atomic E-state index is -0.488. The van der Waals surface area contributed by atoms with Gasteiger partial charge in [-0.15, -0.1) is 0 Å². The van der Waals surface area contributed by atoms with Gasteiger partial charge in [0, 0.05) is 31.2 Å². The number of carbonyl (C=O) groups is 2. The molecule has 3 amide bonds. The maximum Gasteiger partial charge on any atom is 0.323 e. The molecule has 10 heteroatoms. The van der Waals surface area contributed by atoms with Crippen LogP contribution in [0.25, 0.3) is 0 Å². The van der Waals surface area contributed by atoms with E-state index in [0.29, 0.717) is 47.2 Å². The first-order valence-electron chi connectivity index (χ1n) is 13.1. The Hall–Kier alpha value is -3.89. The van der Waals surface area contributed by atoms with E-state index in [9.17, 15) is 14.7 Å². The van der Waals surface area contributed by atoms with Crippen LogP contribution in [0.4, 0.5) is 16.2 Å². The van der Waals surface area contributed by atoms with E-state index in [2.05, 4.69) is 39.7 Å². The quantitative estimate of drug-likeness (QED) is 0.394. The topological polar surface area (TPSA) is 120 Å². The number of aryl methyl sites for hydroxylation is 2. The van der Waals surface area contributed by atoms with Crippen molar-refractivity contribution in [2.24, 2.45) is 5.92 Å². The number of likely N-dealkylation sites (N-methyl/N-ethyl adjacent to an activating group) is 1. The van der Waals surface area contributed by atoms with E-state index in [1.165, 1.54) is 5.56 Å². The van der Waals surface area contributed by atoms with Crippen LogP contribution < -0.4 is 15.4 Å². The van der Waals surface area contributed by atoms with E-state index in [0.717, 1.165) is 6.54 Å². The molecule has 3 aromatic rings. The number of nitrogens with zero attached hydrogens (tertiary/aromatic N) is 3. The third kappa shape index (κ3) is 6.76. The van der Waals surface area contributed by atoms with Crippen molar-refractivity contribution >= 4 is 23.3 Å². The summed E-state index contributed by atoms with van der Waals surface area (Å²) in [7, 11) is 2.05. The fourth-order valence-corrected chi connectivity index (χ4v) is 4.72. The lowest BCUT2D eigenvalue weighted by molar-refractivity contribution is 0.0341. The molecule has 10 nitrogen and oxygen atoms in total. The van der Waals surface area contributed by atoms with Crippen molar-refractivity contribution in [1.82, 2.24) is 15.0 Å². The molecule has 4 rings (SSSR count). The average Bonchev–Trinajstić information content (AvgIpc) is 3.23. The molecule has 1 aromatic heterocycles. The van der Waals surface area contributed by atoms with Gasteiger partial charge in [-0.25, -0.2) is 4.79 Å². The van der Waals surface area contributed by atoms with Crippen molar-refractivity contribution in [3.63, 3.8) is 0 Å². The molecule has 1 aliphatic rings. The van der Waals surface area contributed by atoms with Crippen LogP contribution in [-0.2, 0) is 6.54 Å². The zero-order valence-electron chi connectivity index (χ0n) is 23.1. The number of aromatic nitrogens is 1. The fraction of sp³-hybridized carbons (Fsp3) is 0.414. The summed E-state index contributed by atoms with van der Waals surface area (Å²) in [5.41, 5.74) is 3.02. The molecule has 0 spiro atoms. The SMILES string of the molecule is Cc1noc(C)c1NC(=O)Nc1ccc2c(c1)C(=O)N([C@@H](C)CO)C[C@@H](C)[C@@H](CN(C)Cc1ccccc1)O2. The predicted molar refractivity (Wildman–Crippen MR) is 149 cm³/mol. The van der Waals surface area contributed by atoms with Gasteiger partial charge in [-0.2, -0.15) is 0 Å². The second kappa shape index (κ2) is 12.3. The van der Waals surface area contributed by atoms with E-state index < -0.39 is 6.03 Å². The first-order chi connectivity index (χ1) is 18.7. The van der Waals surface area contributed by atoms with E-state index >= 15 is 0 Å². The van der Waals surface area contributed by atoms with Crippen LogP contribution in [0.5, 0.6) is 5.75 Å². The summed E-state index contributed by atoms with van der Waals surface area (Å²) in [6.45, 7) is 9.00. The number of aliphatic hydroxyl groups excluding tert-OH is 1. The number of benzene rings is 2.